The van der Waals surface area contributed by atoms with E-state index < -0.39 is 5.97 Å². The maximum atomic E-state index is 12.3. The Hall–Kier alpha value is -1.06. The second kappa shape index (κ2) is 6.37. The van der Waals surface area contributed by atoms with E-state index in [2.05, 4.69) is 5.32 Å². The minimum Gasteiger partial charge on any atom is -0.481 e. The van der Waals surface area contributed by atoms with Crippen molar-refractivity contribution in [1.29, 1.82) is 0 Å². The van der Waals surface area contributed by atoms with Crippen molar-refractivity contribution in [2.24, 2.45) is 23.7 Å². The van der Waals surface area contributed by atoms with E-state index in [0.717, 1.165) is 24.7 Å². The first-order valence-electron chi connectivity index (χ1n) is 8.68. The Morgan fingerprint density at radius 3 is 2.10 bits per heavy atom. The van der Waals surface area contributed by atoms with Gasteiger partial charge in [0.1, 0.15) is 0 Å². The Morgan fingerprint density at radius 1 is 0.857 bits per heavy atom. The maximum Gasteiger partial charge on any atom is 0.306 e. The monoisotopic (exact) mass is 293 g/mol. The van der Waals surface area contributed by atoms with Crippen LogP contribution in [-0.4, -0.2) is 23.0 Å². The van der Waals surface area contributed by atoms with E-state index in [0.29, 0.717) is 18.9 Å². The van der Waals surface area contributed by atoms with Gasteiger partial charge in [0.25, 0.3) is 0 Å². The first-order valence-corrected chi connectivity index (χ1v) is 8.68. The minimum absolute atomic E-state index is 0.0493. The fourth-order valence-corrected chi connectivity index (χ4v) is 4.37. The molecule has 0 bridgehead atoms. The largest absolute Gasteiger partial charge is 0.481 e. The van der Waals surface area contributed by atoms with E-state index in [1.54, 1.807) is 0 Å². The Kier molecular flexibility index (Phi) is 4.51. The molecular weight excluding hydrogens is 266 g/mol. The Bertz CT molecular complexity index is 395. The van der Waals surface area contributed by atoms with Crippen LogP contribution in [0.2, 0.25) is 0 Å². The molecule has 2 N–H and O–H groups in total. The molecule has 0 heterocycles. The van der Waals surface area contributed by atoms with Gasteiger partial charge in [0.15, 0.2) is 0 Å². The molecule has 0 aliphatic heterocycles. The van der Waals surface area contributed by atoms with E-state index in [1.807, 2.05) is 0 Å². The van der Waals surface area contributed by atoms with Gasteiger partial charge in [-0.15, -0.1) is 0 Å². The molecule has 3 fully saturated rings. The zero-order valence-electron chi connectivity index (χ0n) is 12.7. The second-order valence-corrected chi connectivity index (χ2v) is 7.30. The van der Waals surface area contributed by atoms with Crippen LogP contribution >= 0.6 is 0 Å². The van der Waals surface area contributed by atoms with Gasteiger partial charge in [0.2, 0.25) is 5.91 Å². The molecule has 3 saturated carbocycles. The molecule has 0 spiro atoms. The molecule has 1 amide bonds. The third kappa shape index (κ3) is 3.58. The van der Waals surface area contributed by atoms with Gasteiger partial charge in [0.05, 0.1) is 5.92 Å². The summed E-state index contributed by atoms with van der Waals surface area (Å²) in [6.07, 6.45) is 10.8. The standard InChI is InChI=1S/C17H27NO3/c19-16(12-6-8-13(9-7-12)17(20)21)18-15-10-14(15)11-4-2-1-3-5-11/h11-15H,1-10H2,(H,18,19)(H,20,21). The summed E-state index contributed by atoms with van der Waals surface area (Å²) in [5, 5.41) is 12.2. The number of carbonyl (C=O) groups is 2. The SMILES string of the molecule is O=C(O)C1CCC(C(=O)NC2CC2C2CCCCC2)CC1. The molecule has 118 valence electrons. The molecule has 2 atom stereocenters. The number of hydrogen-bond donors (Lipinski definition) is 2. The summed E-state index contributed by atoms with van der Waals surface area (Å²) in [6.45, 7) is 0. The van der Waals surface area contributed by atoms with Crippen molar-refractivity contribution < 1.29 is 14.7 Å². The highest BCUT2D eigenvalue weighted by Gasteiger charge is 2.44. The van der Waals surface area contributed by atoms with Crippen LogP contribution in [0.5, 0.6) is 0 Å². The summed E-state index contributed by atoms with van der Waals surface area (Å²) >= 11 is 0. The Morgan fingerprint density at radius 2 is 1.48 bits per heavy atom. The zero-order valence-corrected chi connectivity index (χ0v) is 12.7. The normalized spacial score (nSPS) is 37.0. The van der Waals surface area contributed by atoms with Crippen LogP contribution in [0.1, 0.15) is 64.2 Å². The van der Waals surface area contributed by atoms with E-state index in [4.69, 9.17) is 5.11 Å². The number of carboxylic acids is 1. The number of hydrogen-bond acceptors (Lipinski definition) is 2. The molecule has 4 nitrogen and oxygen atoms in total. The van der Waals surface area contributed by atoms with Crippen molar-refractivity contribution in [1.82, 2.24) is 5.32 Å². The molecule has 21 heavy (non-hydrogen) atoms. The lowest BCUT2D eigenvalue weighted by Crippen LogP contribution is -2.36. The third-order valence-electron chi connectivity index (χ3n) is 5.87. The summed E-state index contributed by atoms with van der Waals surface area (Å²) in [7, 11) is 0. The fourth-order valence-electron chi connectivity index (χ4n) is 4.37. The predicted molar refractivity (Wildman–Crippen MR) is 79.7 cm³/mol. The van der Waals surface area contributed by atoms with Crippen LogP contribution in [0.25, 0.3) is 0 Å². The highest BCUT2D eigenvalue weighted by Crippen LogP contribution is 2.44. The lowest BCUT2D eigenvalue weighted by atomic mass is 9.81. The average Bonchev–Trinajstić information content (AvgIpc) is 3.27. The number of nitrogens with one attached hydrogen (secondary N) is 1. The number of aliphatic carboxylic acids is 1. The molecule has 0 saturated heterocycles. The van der Waals surface area contributed by atoms with Gasteiger partial charge in [-0.25, -0.2) is 0 Å². The first kappa shape index (κ1) is 14.9. The lowest BCUT2D eigenvalue weighted by molar-refractivity contribution is -0.144. The van der Waals surface area contributed by atoms with Crippen LogP contribution in [0.3, 0.4) is 0 Å². The molecule has 3 rings (SSSR count). The number of amides is 1. The van der Waals surface area contributed by atoms with Gasteiger partial charge in [0, 0.05) is 12.0 Å². The van der Waals surface area contributed by atoms with E-state index in [1.165, 1.54) is 38.5 Å². The summed E-state index contributed by atoms with van der Waals surface area (Å²) in [4.78, 5) is 23.2. The van der Waals surface area contributed by atoms with Gasteiger partial charge in [-0.3, -0.25) is 9.59 Å². The lowest BCUT2D eigenvalue weighted by Gasteiger charge is -2.26. The Balaban J connectivity index is 1.40. The van der Waals surface area contributed by atoms with E-state index >= 15 is 0 Å². The van der Waals surface area contributed by atoms with Crippen LogP contribution in [0.15, 0.2) is 0 Å². The van der Waals surface area contributed by atoms with Gasteiger partial charge >= 0.3 is 5.97 Å². The number of carboxylic acid groups (broad SMARTS) is 1. The van der Waals surface area contributed by atoms with Crippen molar-refractivity contribution in [3.8, 4) is 0 Å². The fraction of sp³-hybridized carbons (Fsp3) is 0.882. The quantitative estimate of drug-likeness (QED) is 0.837. The van der Waals surface area contributed by atoms with Crippen molar-refractivity contribution in [2.45, 2.75) is 70.3 Å². The molecule has 0 aromatic rings. The molecule has 3 aliphatic rings. The van der Waals surface area contributed by atoms with Crippen molar-refractivity contribution in [2.75, 3.05) is 0 Å². The molecule has 0 radical (unpaired) electrons. The summed E-state index contributed by atoms with van der Waals surface area (Å²) in [5.74, 6) is 0.866. The highest BCUT2D eigenvalue weighted by molar-refractivity contribution is 5.80. The summed E-state index contributed by atoms with van der Waals surface area (Å²) in [5.41, 5.74) is 0. The third-order valence-corrected chi connectivity index (χ3v) is 5.87. The maximum absolute atomic E-state index is 12.3. The van der Waals surface area contributed by atoms with Gasteiger partial charge in [-0.2, -0.15) is 0 Å². The van der Waals surface area contributed by atoms with Crippen molar-refractivity contribution in [3.63, 3.8) is 0 Å². The molecular formula is C17H27NO3. The highest BCUT2D eigenvalue weighted by atomic mass is 16.4. The molecule has 0 aromatic carbocycles. The average molecular weight is 293 g/mol. The van der Waals surface area contributed by atoms with Gasteiger partial charge < -0.3 is 10.4 Å². The topological polar surface area (TPSA) is 66.4 Å². The van der Waals surface area contributed by atoms with Crippen molar-refractivity contribution >= 4 is 11.9 Å². The van der Waals surface area contributed by atoms with Crippen LogP contribution in [0, 0.1) is 23.7 Å². The first-order chi connectivity index (χ1) is 10.1. The minimum atomic E-state index is -0.701. The van der Waals surface area contributed by atoms with Crippen LogP contribution < -0.4 is 5.32 Å². The van der Waals surface area contributed by atoms with Crippen molar-refractivity contribution in [3.05, 3.63) is 0 Å². The smallest absolute Gasteiger partial charge is 0.306 e. The van der Waals surface area contributed by atoms with Crippen LogP contribution in [-0.2, 0) is 9.59 Å². The second-order valence-electron chi connectivity index (χ2n) is 7.30. The van der Waals surface area contributed by atoms with E-state index in [-0.39, 0.29) is 17.7 Å². The van der Waals surface area contributed by atoms with E-state index in [9.17, 15) is 9.59 Å². The number of carbonyl (C=O) groups excluding carboxylic acids is 1. The van der Waals surface area contributed by atoms with Gasteiger partial charge in [-0.05, 0) is 43.9 Å². The summed E-state index contributed by atoms with van der Waals surface area (Å²) < 4.78 is 0. The molecule has 4 heteroatoms. The Labute approximate surface area is 126 Å². The predicted octanol–water partition coefficient (Wildman–Crippen LogP) is 2.96. The number of rotatable bonds is 4. The van der Waals surface area contributed by atoms with Crippen LogP contribution in [0.4, 0.5) is 0 Å². The van der Waals surface area contributed by atoms with Gasteiger partial charge in [-0.1, -0.05) is 32.1 Å². The zero-order chi connectivity index (χ0) is 14.8. The molecule has 0 aromatic heterocycles. The molecule has 2 unspecified atom stereocenters. The molecule has 3 aliphatic carbocycles. The summed E-state index contributed by atoms with van der Waals surface area (Å²) in [6, 6.07) is 0.415.